The zero-order chi connectivity index (χ0) is 13.9. The van der Waals surface area contributed by atoms with Crippen molar-refractivity contribution >= 4 is 11.8 Å². The summed E-state index contributed by atoms with van der Waals surface area (Å²) in [6, 6.07) is 0. The van der Waals surface area contributed by atoms with Crippen molar-refractivity contribution in [3.05, 3.63) is 33.1 Å². The zero-order valence-corrected chi connectivity index (χ0v) is 11.2. The van der Waals surface area contributed by atoms with Crippen molar-refractivity contribution in [1.82, 2.24) is 9.88 Å². The number of ether oxygens (including phenoxy) is 1. The summed E-state index contributed by atoms with van der Waals surface area (Å²) in [6.07, 6.45) is 3.46. The molecule has 0 aliphatic heterocycles. The lowest BCUT2D eigenvalue weighted by Crippen LogP contribution is -2.05. The van der Waals surface area contributed by atoms with Crippen LogP contribution in [0.15, 0.2) is 6.20 Å². The van der Waals surface area contributed by atoms with Gasteiger partial charge in [-0.05, 0) is 31.7 Å². The van der Waals surface area contributed by atoms with Crippen molar-refractivity contribution in [3.63, 3.8) is 0 Å². The van der Waals surface area contributed by atoms with E-state index in [0.717, 1.165) is 11.3 Å². The third-order valence-electron chi connectivity index (χ3n) is 2.59. The van der Waals surface area contributed by atoms with Crippen molar-refractivity contribution in [2.24, 2.45) is 0 Å². The highest BCUT2D eigenvalue weighted by Crippen LogP contribution is 2.33. The lowest BCUT2D eigenvalue weighted by atomic mass is 10.1. The first-order chi connectivity index (χ1) is 8.38. The van der Waals surface area contributed by atoms with Gasteiger partial charge in [0.15, 0.2) is 0 Å². The fraction of sp³-hybridized carbons (Fsp3) is 0.417. The number of hydrogen-bond donors (Lipinski definition) is 0. The van der Waals surface area contributed by atoms with Gasteiger partial charge in [0, 0.05) is 19.8 Å². The van der Waals surface area contributed by atoms with Crippen molar-refractivity contribution in [1.29, 1.82) is 0 Å². The van der Waals surface area contributed by atoms with Gasteiger partial charge < -0.3 is 9.64 Å². The minimum atomic E-state index is -0.465. The van der Waals surface area contributed by atoms with Crippen LogP contribution in [0.25, 0.3) is 6.08 Å². The van der Waals surface area contributed by atoms with Gasteiger partial charge in [-0.3, -0.25) is 10.1 Å². The van der Waals surface area contributed by atoms with E-state index in [1.54, 1.807) is 19.2 Å². The van der Waals surface area contributed by atoms with E-state index >= 15 is 0 Å². The van der Waals surface area contributed by atoms with Crippen molar-refractivity contribution in [2.75, 3.05) is 21.2 Å². The number of rotatable bonds is 4. The van der Waals surface area contributed by atoms with E-state index in [-0.39, 0.29) is 11.6 Å². The Kier molecular flexibility index (Phi) is 4.25. The van der Waals surface area contributed by atoms with Crippen LogP contribution in [-0.4, -0.2) is 36.0 Å². The molecule has 0 aliphatic carbocycles. The molecule has 0 fully saturated rings. The number of nitrogens with zero attached hydrogens (tertiary/aromatic N) is 3. The first kappa shape index (κ1) is 14.0. The van der Waals surface area contributed by atoms with Gasteiger partial charge in [-0.25, -0.2) is 4.98 Å². The summed E-state index contributed by atoms with van der Waals surface area (Å²) in [5, 5.41) is 11.1. The predicted octanol–water partition coefficient (Wildman–Crippen LogP) is 2.15. The van der Waals surface area contributed by atoms with Gasteiger partial charge in [0.1, 0.15) is 0 Å². The minimum Gasteiger partial charge on any atom is -0.476 e. The lowest BCUT2D eigenvalue weighted by molar-refractivity contribution is -0.386. The summed E-state index contributed by atoms with van der Waals surface area (Å²) >= 11 is 0. The molecule has 0 unspecified atom stereocenters. The molecule has 0 atom stereocenters. The third kappa shape index (κ3) is 2.77. The smallest absolute Gasteiger partial charge is 0.338 e. The molecule has 1 aromatic heterocycles. The molecular formula is C12H17N3O3. The van der Waals surface area contributed by atoms with Gasteiger partial charge in [-0.15, -0.1) is 0 Å². The molecule has 18 heavy (non-hydrogen) atoms. The summed E-state index contributed by atoms with van der Waals surface area (Å²) in [7, 11) is 5.08. The van der Waals surface area contributed by atoms with Gasteiger partial charge >= 0.3 is 5.69 Å². The van der Waals surface area contributed by atoms with E-state index in [9.17, 15) is 10.1 Å². The Bertz CT molecular complexity index is 496. The quantitative estimate of drug-likeness (QED) is 0.605. The molecule has 6 heteroatoms. The first-order valence-electron chi connectivity index (χ1n) is 5.42. The Morgan fingerprint density at radius 2 is 2.00 bits per heavy atom. The van der Waals surface area contributed by atoms with Crippen LogP contribution in [0.3, 0.4) is 0 Å². The second kappa shape index (κ2) is 5.48. The van der Waals surface area contributed by atoms with Crippen molar-refractivity contribution < 1.29 is 9.66 Å². The van der Waals surface area contributed by atoms with Crippen LogP contribution >= 0.6 is 0 Å². The number of nitro groups is 1. The largest absolute Gasteiger partial charge is 0.476 e. The fourth-order valence-corrected chi connectivity index (χ4v) is 1.52. The van der Waals surface area contributed by atoms with Gasteiger partial charge in [-0.2, -0.15) is 0 Å². The molecule has 0 aliphatic rings. The highest BCUT2D eigenvalue weighted by molar-refractivity contribution is 5.68. The van der Waals surface area contributed by atoms with Crippen LogP contribution in [-0.2, 0) is 0 Å². The Hall–Kier alpha value is -2.11. The highest BCUT2D eigenvalue weighted by Gasteiger charge is 2.24. The number of pyridine rings is 1. The van der Waals surface area contributed by atoms with E-state index in [4.69, 9.17) is 4.74 Å². The van der Waals surface area contributed by atoms with Crippen LogP contribution in [0, 0.1) is 24.0 Å². The van der Waals surface area contributed by atoms with E-state index in [0.29, 0.717) is 5.56 Å². The molecular weight excluding hydrogens is 234 g/mol. The maximum Gasteiger partial charge on any atom is 0.338 e. The van der Waals surface area contributed by atoms with Crippen LogP contribution in [0.1, 0.15) is 16.8 Å². The van der Waals surface area contributed by atoms with E-state index in [1.165, 1.54) is 7.11 Å². The van der Waals surface area contributed by atoms with Crippen LogP contribution in [0.2, 0.25) is 0 Å². The van der Waals surface area contributed by atoms with Crippen molar-refractivity contribution in [3.8, 4) is 5.88 Å². The third-order valence-corrected chi connectivity index (χ3v) is 2.59. The molecule has 1 heterocycles. The molecule has 0 saturated heterocycles. The molecule has 0 saturated carbocycles. The standard InChI is InChI=1S/C12H17N3O3/c1-8-9(2)13-12(18-5)11(15(16)17)10(8)6-7-14(3)4/h6-7H,1-5H3/b7-6+. The van der Waals surface area contributed by atoms with Crippen LogP contribution in [0.4, 0.5) is 5.69 Å². The molecule has 98 valence electrons. The Balaban J connectivity index is 3.53. The molecule has 0 N–H and O–H groups in total. The second-order valence-corrected chi connectivity index (χ2v) is 4.13. The van der Waals surface area contributed by atoms with Gasteiger partial charge in [0.05, 0.1) is 17.6 Å². The molecule has 6 nitrogen and oxygen atoms in total. The fourth-order valence-electron chi connectivity index (χ4n) is 1.52. The number of aromatic nitrogens is 1. The van der Waals surface area contributed by atoms with Crippen molar-refractivity contribution in [2.45, 2.75) is 13.8 Å². The number of methoxy groups -OCH3 is 1. The van der Waals surface area contributed by atoms with Gasteiger partial charge in [0.25, 0.3) is 5.88 Å². The second-order valence-electron chi connectivity index (χ2n) is 4.13. The summed E-state index contributed by atoms with van der Waals surface area (Å²) < 4.78 is 4.99. The molecule has 1 aromatic rings. The zero-order valence-electron chi connectivity index (χ0n) is 11.2. The molecule has 0 aromatic carbocycles. The van der Waals surface area contributed by atoms with Crippen LogP contribution in [0.5, 0.6) is 5.88 Å². The summed E-state index contributed by atoms with van der Waals surface area (Å²) in [4.78, 5) is 16.6. The predicted molar refractivity (Wildman–Crippen MR) is 69.6 cm³/mol. The van der Waals surface area contributed by atoms with E-state index < -0.39 is 4.92 Å². The molecule has 1 rings (SSSR count). The maximum atomic E-state index is 11.1. The normalized spacial score (nSPS) is 10.7. The lowest BCUT2D eigenvalue weighted by Gasteiger charge is -2.10. The van der Waals surface area contributed by atoms with E-state index in [1.807, 2.05) is 25.9 Å². The van der Waals surface area contributed by atoms with Gasteiger partial charge in [-0.1, -0.05) is 0 Å². The molecule has 0 radical (unpaired) electrons. The summed E-state index contributed by atoms with van der Waals surface area (Å²) in [5.41, 5.74) is 1.92. The summed E-state index contributed by atoms with van der Waals surface area (Å²) in [5.74, 6) is 0.0431. The van der Waals surface area contributed by atoms with E-state index in [2.05, 4.69) is 4.98 Å². The minimum absolute atomic E-state index is 0.0431. The summed E-state index contributed by atoms with van der Waals surface area (Å²) in [6.45, 7) is 3.61. The monoisotopic (exact) mass is 251 g/mol. The number of aryl methyl sites for hydroxylation is 1. The Morgan fingerprint density at radius 1 is 1.39 bits per heavy atom. The maximum absolute atomic E-state index is 11.1. The average molecular weight is 251 g/mol. The molecule has 0 bridgehead atoms. The highest BCUT2D eigenvalue weighted by atomic mass is 16.6. The number of hydrogen-bond acceptors (Lipinski definition) is 5. The van der Waals surface area contributed by atoms with Crippen LogP contribution < -0.4 is 4.74 Å². The van der Waals surface area contributed by atoms with Gasteiger partial charge in [0.2, 0.25) is 0 Å². The average Bonchev–Trinajstić information content (AvgIpc) is 2.29. The topological polar surface area (TPSA) is 68.5 Å². The Labute approximate surface area is 106 Å². The molecule has 0 spiro atoms. The first-order valence-corrected chi connectivity index (χ1v) is 5.42. The Morgan fingerprint density at radius 3 is 2.44 bits per heavy atom. The molecule has 0 amide bonds. The SMILES string of the molecule is COc1nc(C)c(C)c(/C=C/N(C)C)c1[N+](=O)[O-].